The van der Waals surface area contributed by atoms with Gasteiger partial charge in [0.15, 0.2) is 0 Å². The van der Waals surface area contributed by atoms with Gasteiger partial charge in [-0.3, -0.25) is 4.79 Å². The molecule has 0 atom stereocenters. The molecule has 0 heterocycles. The van der Waals surface area contributed by atoms with E-state index in [1.807, 2.05) is 38.1 Å². The molecule has 1 saturated carbocycles. The number of nitrogens with zero attached hydrogens (tertiary/aromatic N) is 1. The summed E-state index contributed by atoms with van der Waals surface area (Å²) in [5.74, 6) is 0.0608. The SMILES string of the molecule is Cc1cc(N(C)C)ccc1NC(=O)C1(CN)CC1. The van der Waals surface area contributed by atoms with Crippen LogP contribution in [-0.2, 0) is 4.79 Å². The topological polar surface area (TPSA) is 58.4 Å². The Kier molecular flexibility index (Phi) is 3.30. The van der Waals surface area contributed by atoms with Gasteiger partial charge in [-0.05, 0) is 43.5 Å². The number of hydrogen-bond donors (Lipinski definition) is 2. The van der Waals surface area contributed by atoms with Crippen molar-refractivity contribution < 1.29 is 4.79 Å². The highest BCUT2D eigenvalue weighted by atomic mass is 16.2. The molecule has 1 aliphatic rings. The van der Waals surface area contributed by atoms with Crippen LogP contribution in [0.3, 0.4) is 0 Å². The molecule has 0 bridgehead atoms. The molecule has 0 saturated heterocycles. The van der Waals surface area contributed by atoms with E-state index in [0.29, 0.717) is 6.54 Å². The molecule has 0 spiro atoms. The van der Waals surface area contributed by atoms with Crippen LogP contribution in [0.25, 0.3) is 0 Å². The van der Waals surface area contributed by atoms with Crippen molar-refractivity contribution in [3.63, 3.8) is 0 Å². The van der Waals surface area contributed by atoms with Gasteiger partial charge < -0.3 is 16.0 Å². The minimum Gasteiger partial charge on any atom is -0.378 e. The molecule has 0 radical (unpaired) electrons. The lowest BCUT2D eigenvalue weighted by molar-refractivity contribution is -0.120. The van der Waals surface area contributed by atoms with E-state index in [1.54, 1.807) is 0 Å². The Morgan fingerprint density at radius 2 is 2.11 bits per heavy atom. The maximum Gasteiger partial charge on any atom is 0.231 e. The highest BCUT2D eigenvalue weighted by Crippen LogP contribution is 2.45. The van der Waals surface area contributed by atoms with Gasteiger partial charge in [-0.2, -0.15) is 0 Å². The van der Waals surface area contributed by atoms with Crippen molar-refractivity contribution in [2.45, 2.75) is 19.8 Å². The zero-order chi connectivity index (χ0) is 13.3. The molecular weight excluding hydrogens is 226 g/mol. The molecule has 1 aliphatic carbocycles. The number of carbonyl (C=O) groups excluding carboxylic acids is 1. The summed E-state index contributed by atoms with van der Waals surface area (Å²) in [5, 5.41) is 2.99. The van der Waals surface area contributed by atoms with Crippen molar-refractivity contribution in [1.82, 2.24) is 0 Å². The second kappa shape index (κ2) is 4.61. The van der Waals surface area contributed by atoms with Crippen LogP contribution in [0, 0.1) is 12.3 Å². The van der Waals surface area contributed by atoms with Crippen molar-refractivity contribution >= 4 is 17.3 Å². The van der Waals surface area contributed by atoms with Crippen molar-refractivity contribution in [2.75, 3.05) is 30.9 Å². The van der Waals surface area contributed by atoms with Crippen molar-refractivity contribution in [3.05, 3.63) is 23.8 Å². The Bertz CT molecular complexity index is 464. The van der Waals surface area contributed by atoms with Crippen molar-refractivity contribution in [2.24, 2.45) is 11.1 Å². The van der Waals surface area contributed by atoms with Crippen LogP contribution < -0.4 is 16.0 Å². The van der Waals surface area contributed by atoms with Gasteiger partial charge in [0.1, 0.15) is 0 Å². The minimum atomic E-state index is -0.299. The van der Waals surface area contributed by atoms with Gasteiger partial charge in [0.25, 0.3) is 0 Å². The maximum absolute atomic E-state index is 12.1. The fraction of sp³-hybridized carbons (Fsp3) is 0.500. The minimum absolute atomic E-state index is 0.0608. The lowest BCUT2D eigenvalue weighted by atomic mass is 10.1. The van der Waals surface area contributed by atoms with Crippen molar-refractivity contribution in [3.8, 4) is 0 Å². The average Bonchev–Trinajstić information content (AvgIpc) is 3.12. The number of nitrogens with one attached hydrogen (secondary N) is 1. The first-order valence-electron chi connectivity index (χ1n) is 6.28. The molecule has 3 N–H and O–H groups in total. The highest BCUT2D eigenvalue weighted by Gasteiger charge is 2.48. The molecule has 0 aliphatic heterocycles. The van der Waals surface area contributed by atoms with Gasteiger partial charge in [-0.15, -0.1) is 0 Å². The molecule has 18 heavy (non-hydrogen) atoms. The Balaban J connectivity index is 2.13. The van der Waals surface area contributed by atoms with Crippen LogP contribution in [0.15, 0.2) is 18.2 Å². The summed E-state index contributed by atoms with van der Waals surface area (Å²) in [6.45, 7) is 2.44. The third kappa shape index (κ3) is 2.34. The van der Waals surface area contributed by atoms with E-state index in [-0.39, 0.29) is 11.3 Å². The quantitative estimate of drug-likeness (QED) is 0.852. The normalized spacial score (nSPS) is 16.2. The summed E-state index contributed by atoms with van der Waals surface area (Å²) < 4.78 is 0. The summed E-state index contributed by atoms with van der Waals surface area (Å²) in [5.41, 5.74) is 8.44. The molecule has 1 aromatic carbocycles. The highest BCUT2D eigenvalue weighted by molar-refractivity contribution is 5.98. The van der Waals surface area contributed by atoms with Crippen LogP contribution in [0.4, 0.5) is 11.4 Å². The molecule has 4 nitrogen and oxygen atoms in total. The van der Waals surface area contributed by atoms with E-state index in [1.165, 1.54) is 0 Å². The van der Waals surface area contributed by atoms with Crippen LogP contribution in [-0.4, -0.2) is 26.5 Å². The van der Waals surface area contributed by atoms with Crippen LogP contribution in [0.2, 0.25) is 0 Å². The number of hydrogen-bond acceptors (Lipinski definition) is 3. The van der Waals surface area contributed by atoms with E-state index in [0.717, 1.165) is 29.8 Å². The lowest BCUT2D eigenvalue weighted by Gasteiger charge is -2.17. The lowest BCUT2D eigenvalue weighted by Crippen LogP contribution is -2.31. The van der Waals surface area contributed by atoms with Gasteiger partial charge in [-0.1, -0.05) is 0 Å². The third-order valence-corrected chi connectivity index (χ3v) is 3.70. The number of benzene rings is 1. The summed E-state index contributed by atoms with van der Waals surface area (Å²) in [6, 6.07) is 6.03. The monoisotopic (exact) mass is 247 g/mol. The second-order valence-corrected chi connectivity index (χ2v) is 5.33. The van der Waals surface area contributed by atoms with Gasteiger partial charge in [0.2, 0.25) is 5.91 Å². The van der Waals surface area contributed by atoms with E-state index in [9.17, 15) is 4.79 Å². The molecule has 0 aromatic heterocycles. The van der Waals surface area contributed by atoms with Crippen molar-refractivity contribution in [1.29, 1.82) is 0 Å². The fourth-order valence-corrected chi connectivity index (χ4v) is 2.00. The Labute approximate surface area is 108 Å². The number of nitrogens with two attached hydrogens (primary N) is 1. The van der Waals surface area contributed by atoms with Gasteiger partial charge >= 0.3 is 0 Å². The second-order valence-electron chi connectivity index (χ2n) is 5.33. The van der Waals surface area contributed by atoms with Crippen LogP contribution >= 0.6 is 0 Å². The summed E-state index contributed by atoms with van der Waals surface area (Å²) in [4.78, 5) is 14.1. The molecule has 4 heteroatoms. The Morgan fingerprint density at radius 1 is 1.44 bits per heavy atom. The molecule has 1 amide bonds. The zero-order valence-corrected chi connectivity index (χ0v) is 11.3. The summed E-state index contributed by atoms with van der Waals surface area (Å²) in [6.07, 6.45) is 1.81. The first-order valence-corrected chi connectivity index (χ1v) is 6.28. The zero-order valence-electron chi connectivity index (χ0n) is 11.3. The molecule has 0 unspecified atom stereocenters. The van der Waals surface area contributed by atoms with Crippen LogP contribution in [0.5, 0.6) is 0 Å². The smallest absolute Gasteiger partial charge is 0.231 e. The van der Waals surface area contributed by atoms with Crippen LogP contribution in [0.1, 0.15) is 18.4 Å². The molecular formula is C14H21N3O. The molecule has 98 valence electrons. The number of rotatable bonds is 4. The van der Waals surface area contributed by atoms with Gasteiger partial charge in [-0.25, -0.2) is 0 Å². The largest absolute Gasteiger partial charge is 0.378 e. The van der Waals surface area contributed by atoms with Gasteiger partial charge in [0.05, 0.1) is 5.41 Å². The Hall–Kier alpha value is -1.55. The maximum atomic E-state index is 12.1. The van der Waals surface area contributed by atoms with Gasteiger partial charge in [0, 0.05) is 32.0 Å². The molecule has 2 rings (SSSR count). The van der Waals surface area contributed by atoms with E-state index < -0.39 is 0 Å². The summed E-state index contributed by atoms with van der Waals surface area (Å²) in [7, 11) is 4.00. The predicted octanol–water partition coefficient (Wildman–Crippen LogP) is 1.74. The van der Waals surface area contributed by atoms with E-state index in [2.05, 4.69) is 11.4 Å². The summed E-state index contributed by atoms with van der Waals surface area (Å²) >= 11 is 0. The number of aryl methyl sites for hydroxylation is 1. The standard InChI is InChI=1S/C14H21N3O/c1-10-8-11(17(2)3)4-5-12(10)16-13(18)14(9-15)6-7-14/h4-5,8H,6-7,9,15H2,1-3H3,(H,16,18). The average molecular weight is 247 g/mol. The molecule has 1 aromatic rings. The van der Waals surface area contributed by atoms with E-state index in [4.69, 9.17) is 5.73 Å². The Morgan fingerprint density at radius 3 is 2.56 bits per heavy atom. The number of anilines is 2. The van der Waals surface area contributed by atoms with E-state index >= 15 is 0 Å². The first-order chi connectivity index (χ1) is 8.48. The molecule has 1 fully saturated rings. The number of carbonyl (C=O) groups is 1. The fourth-order valence-electron chi connectivity index (χ4n) is 2.00. The number of amides is 1. The predicted molar refractivity (Wildman–Crippen MR) is 74.9 cm³/mol. The first kappa shape index (κ1) is 12.9. The third-order valence-electron chi connectivity index (χ3n) is 3.70.